The van der Waals surface area contributed by atoms with E-state index in [1.807, 2.05) is 36.4 Å². The van der Waals surface area contributed by atoms with Gasteiger partial charge in [-0.2, -0.15) is 0 Å². The fraction of sp³-hybridized carbons (Fsp3) is 0.278. The van der Waals surface area contributed by atoms with Crippen LogP contribution < -0.4 is 29.6 Å². The Morgan fingerprint density at radius 1 is 0.920 bits per heavy atom. The van der Waals surface area contributed by atoms with E-state index in [4.69, 9.17) is 31.2 Å². The van der Waals surface area contributed by atoms with Gasteiger partial charge in [-0.25, -0.2) is 0 Å². The first-order chi connectivity index (χ1) is 12.2. The van der Waals surface area contributed by atoms with Crippen molar-refractivity contribution in [3.63, 3.8) is 0 Å². The summed E-state index contributed by atoms with van der Waals surface area (Å²) in [4.78, 5) is 0. The van der Waals surface area contributed by atoms with Crippen LogP contribution in [0, 0.1) is 0 Å². The number of methoxy groups -OCH3 is 3. The van der Waals surface area contributed by atoms with Crippen LogP contribution in [-0.2, 0) is 0 Å². The second-order valence-corrected chi connectivity index (χ2v) is 5.39. The summed E-state index contributed by atoms with van der Waals surface area (Å²) in [5.74, 6) is 2.77. The Balaban J connectivity index is 1.81. The molecule has 0 saturated carbocycles. The molecule has 0 aliphatic heterocycles. The molecular formula is C18H22N2O4S. The number of nitrogens with one attached hydrogen (secondary N) is 2. The first-order valence-corrected chi connectivity index (χ1v) is 8.11. The molecule has 0 heterocycles. The number of hydrogen-bond donors (Lipinski definition) is 2. The lowest BCUT2D eigenvalue weighted by Crippen LogP contribution is -2.32. The van der Waals surface area contributed by atoms with Crippen LogP contribution in [0.15, 0.2) is 42.5 Å². The molecule has 2 N–H and O–H groups in total. The molecule has 0 bridgehead atoms. The first-order valence-electron chi connectivity index (χ1n) is 7.70. The maximum atomic E-state index is 5.69. The van der Waals surface area contributed by atoms with Crippen molar-refractivity contribution in [2.24, 2.45) is 0 Å². The van der Waals surface area contributed by atoms with Crippen LogP contribution >= 0.6 is 12.2 Å². The van der Waals surface area contributed by atoms with Gasteiger partial charge in [0.25, 0.3) is 0 Å². The van der Waals surface area contributed by atoms with Crippen molar-refractivity contribution in [3.8, 4) is 23.0 Å². The summed E-state index contributed by atoms with van der Waals surface area (Å²) < 4.78 is 21.4. The minimum Gasteiger partial charge on any atom is -0.497 e. The van der Waals surface area contributed by atoms with E-state index in [9.17, 15) is 0 Å². The molecule has 0 aromatic heterocycles. The minimum atomic E-state index is 0.448. The van der Waals surface area contributed by atoms with E-state index in [1.165, 1.54) is 0 Å². The Bertz CT molecular complexity index is 687. The van der Waals surface area contributed by atoms with Gasteiger partial charge in [-0.3, -0.25) is 0 Å². The molecule has 0 unspecified atom stereocenters. The van der Waals surface area contributed by atoms with Gasteiger partial charge in [0.15, 0.2) is 16.6 Å². The molecule has 0 atom stereocenters. The summed E-state index contributed by atoms with van der Waals surface area (Å²) >= 11 is 5.29. The van der Waals surface area contributed by atoms with Crippen LogP contribution in [0.4, 0.5) is 5.69 Å². The molecule has 25 heavy (non-hydrogen) atoms. The zero-order chi connectivity index (χ0) is 18.1. The van der Waals surface area contributed by atoms with Gasteiger partial charge < -0.3 is 29.6 Å². The van der Waals surface area contributed by atoms with Gasteiger partial charge in [-0.05, 0) is 24.4 Å². The molecule has 0 saturated heterocycles. The van der Waals surface area contributed by atoms with Gasteiger partial charge in [0.2, 0.25) is 0 Å². The number of hydrogen-bond acceptors (Lipinski definition) is 5. The molecule has 2 aromatic carbocycles. The van der Waals surface area contributed by atoms with Crippen molar-refractivity contribution in [2.75, 3.05) is 39.8 Å². The average Bonchev–Trinajstić information content (AvgIpc) is 2.65. The lowest BCUT2D eigenvalue weighted by molar-refractivity contribution is 0.298. The van der Waals surface area contributed by atoms with E-state index < -0.39 is 0 Å². The van der Waals surface area contributed by atoms with Gasteiger partial charge in [0.1, 0.15) is 18.1 Å². The van der Waals surface area contributed by atoms with Crippen molar-refractivity contribution in [1.82, 2.24) is 5.32 Å². The first kappa shape index (κ1) is 18.7. The summed E-state index contributed by atoms with van der Waals surface area (Å²) in [5, 5.41) is 6.66. The highest BCUT2D eigenvalue weighted by Crippen LogP contribution is 2.26. The Kier molecular flexibility index (Phi) is 7.16. The number of para-hydroxylation sites is 2. The Hall–Kier alpha value is -2.67. The number of rotatable bonds is 8. The second-order valence-electron chi connectivity index (χ2n) is 4.98. The van der Waals surface area contributed by atoms with Gasteiger partial charge in [0, 0.05) is 23.9 Å². The highest BCUT2D eigenvalue weighted by molar-refractivity contribution is 7.80. The SMILES string of the molecule is COc1cc(NC(=S)NCCOc2ccccc2OC)cc(OC)c1. The van der Waals surface area contributed by atoms with E-state index >= 15 is 0 Å². The normalized spacial score (nSPS) is 9.88. The van der Waals surface area contributed by atoms with Crippen LogP contribution in [-0.4, -0.2) is 39.6 Å². The van der Waals surface area contributed by atoms with Crippen LogP contribution in [0.1, 0.15) is 0 Å². The standard InChI is InChI=1S/C18H22N2O4S/c1-21-14-10-13(11-15(12-14)22-2)20-18(25)19-8-9-24-17-7-5-4-6-16(17)23-3/h4-7,10-12H,8-9H2,1-3H3,(H2,19,20,25). The van der Waals surface area contributed by atoms with Crippen molar-refractivity contribution in [1.29, 1.82) is 0 Å². The Labute approximate surface area is 153 Å². The molecule has 7 heteroatoms. The Morgan fingerprint density at radius 2 is 1.56 bits per heavy atom. The van der Waals surface area contributed by atoms with E-state index in [-0.39, 0.29) is 0 Å². The van der Waals surface area contributed by atoms with Crippen molar-refractivity contribution in [3.05, 3.63) is 42.5 Å². The molecule has 134 valence electrons. The number of ether oxygens (including phenoxy) is 4. The zero-order valence-electron chi connectivity index (χ0n) is 14.5. The average molecular weight is 362 g/mol. The highest BCUT2D eigenvalue weighted by Gasteiger charge is 2.05. The summed E-state index contributed by atoms with van der Waals surface area (Å²) in [6.07, 6.45) is 0. The largest absolute Gasteiger partial charge is 0.497 e. The van der Waals surface area contributed by atoms with Crippen LogP contribution in [0.3, 0.4) is 0 Å². The molecular weight excluding hydrogens is 340 g/mol. The quantitative estimate of drug-likeness (QED) is 0.553. The number of benzene rings is 2. The van der Waals surface area contributed by atoms with E-state index in [2.05, 4.69) is 10.6 Å². The molecule has 0 amide bonds. The minimum absolute atomic E-state index is 0.448. The summed E-state index contributed by atoms with van der Waals surface area (Å²) in [5.41, 5.74) is 0.777. The summed E-state index contributed by atoms with van der Waals surface area (Å²) in [7, 11) is 4.82. The third-order valence-corrected chi connectivity index (χ3v) is 3.57. The third kappa shape index (κ3) is 5.72. The van der Waals surface area contributed by atoms with Crippen LogP contribution in [0.25, 0.3) is 0 Å². The maximum Gasteiger partial charge on any atom is 0.170 e. The highest BCUT2D eigenvalue weighted by atomic mass is 32.1. The van der Waals surface area contributed by atoms with Crippen molar-refractivity contribution in [2.45, 2.75) is 0 Å². The fourth-order valence-electron chi connectivity index (χ4n) is 2.12. The third-order valence-electron chi connectivity index (χ3n) is 3.32. The van der Waals surface area contributed by atoms with Gasteiger partial charge >= 0.3 is 0 Å². The van der Waals surface area contributed by atoms with E-state index in [1.54, 1.807) is 27.4 Å². The smallest absolute Gasteiger partial charge is 0.170 e. The summed E-state index contributed by atoms with van der Waals surface area (Å²) in [6, 6.07) is 13.0. The number of anilines is 1. The van der Waals surface area contributed by atoms with Crippen molar-refractivity contribution >= 4 is 23.0 Å². The Morgan fingerprint density at radius 3 is 2.16 bits per heavy atom. The fourth-order valence-corrected chi connectivity index (χ4v) is 2.34. The maximum absolute atomic E-state index is 5.69. The monoisotopic (exact) mass is 362 g/mol. The van der Waals surface area contributed by atoms with Crippen molar-refractivity contribution < 1.29 is 18.9 Å². The predicted octanol–water partition coefficient (Wildman–Crippen LogP) is 3.08. The van der Waals surface area contributed by atoms with E-state index in [0.29, 0.717) is 41.3 Å². The molecule has 2 rings (SSSR count). The zero-order valence-corrected chi connectivity index (χ0v) is 15.3. The molecule has 6 nitrogen and oxygen atoms in total. The lowest BCUT2D eigenvalue weighted by atomic mass is 10.3. The van der Waals surface area contributed by atoms with Gasteiger partial charge in [-0.15, -0.1) is 0 Å². The van der Waals surface area contributed by atoms with Crippen LogP contribution in [0.2, 0.25) is 0 Å². The topological polar surface area (TPSA) is 61.0 Å². The molecule has 0 radical (unpaired) electrons. The lowest BCUT2D eigenvalue weighted by Gasteiger charge is -2.14. The predicted molar refractivity (Wildman–Crippen MR) is 102 cm³/mol. The van der Waals surface area contributed by atoms with Gasteiger partial charge in [0.05, 0.1) is 27.9 Å². The molecule has 0 aliphatic rings. The molecule has 0 aliphatic carbocycles. The molecule has 2 aromatic rings. The van der Waals surface area contributed by atoms with E-state index in [0.717, 1.165) is 5.69 Å². The molecule has 0 fully saturated rings. The molecule has 0 spiro atoms. The summed E-state index contributed by atoms with van der Waals surface area (Å²) in [6.45, 7) is 0.995. The second kappa shape index (κ2) is 9.58. The van der Waals surface area contributed by atoms with Gasteiger partial charge in [-0.1, -0.05) is 12.1 Å². The van der Waals surface area contributed by atoms with Crippen LogP contribution in [0.5, 0.6) is 23.0 Å². The number of thiocarbonyl (C=S) groups is 1.